The van der Waals surface area contributed by atoms with E-state index in [0.29, 0.717) is 11.7 Å². The zero-order valence-electron chi connectivity index (χ0n) is 14.2. The zero-order valence-corrected chi connectivity index (χ0v) is 15.0. The molecule has 0 unspecified atom stereocenters. The van der Waals surface area contributed by atoms with Crippen LogP contribution < -0.4 is 5.32 Å². The van der Waals surface area contributed by atoms with Gasteiger partial charge in [0.05, 0.1) is 0 Å². The van der Waals surface area contributed by atoms with Gasteiger partial charge in [0.1, 0.15) is 31.0 Å². The molecular weight excluding hydrogens is 322 g/mol. The average Bonchev–Trinajstić information content (AvgIpc) is 2.90. The fourth-order valence-corrected chi connectivity index (χ4v) is 3.39. The molecule has 5 atom stereocenters. The summed E-state index contributed by atoms with van der Waals surface area (Å²) in [5.41, 5.74) is 0. The molecule has 132 valence electrons. The lowest BCUT2D eigenvalue weighted by Crippen LogP contribution is -2.56. The van der Waals surface area contributed by atoms with Crippen molar-refractivity contribution in [2.75, 3.05) is 13.2 Å². The smallest absolute Gasteiger partial charge is 0.256 e. The monoisotopic (exact) mass is 347 g/mol. The van der Waals surface area contributed by atoms with Crippen LogP contribution in [0.3, 0.4) is 0 Å². The predicted octanol–water partition coefficient (Wildman–Crippen LogP) is 1.29. The van der Waals surface area contributed by atoms with E-state index in [1.807, 2.05) is 34.6 Å². The van der Waals surface area contributed by atoms with E-state index in [0.717, 1.165) is 0 Å². The van der Waals surface area contributed by atoms with E-state index >= 15 is 0 Å². The summed E-state index contributed by atoms with van der Waals surface area (Å²) >= 11 is 5.10. The van der Waals surface area contributed by atoms with Crippen molar-refractivity contribution in [3.05, 3.63) is 0 Å². The molecule has 3 heterocycles. The van der Waals surface area contributed by atoms with E-state index in [-0.39, 0.29) is 31.0 Å². The van der Waals surface area contributed by atoms with E-state index in [9.17, 15) is 0 Å². The Morgan fingerprint density at radius 2 is 1.61 bits per heavy atom. The van der Waals surface area contributed by atoms with Gasteiger partial charge in [0, 0.05) is 6.54 Å². The van der Waals surface area contributed by atoms with Gasteiger partial charge in [-0.25, -0.2) is 0 Å². The van der Waals surface area contributed by atoms with Crippen LogP contribution in [0, 0.1) is 0 Å². The van der Waals surface area contributed by atoms with Crippen molar-refractivity contribution in [2.45, 2.75) is 76.9 Å². The number of rotatable bonds is 3. The van der Waals surface area contributed by atoms with Crippen molar-refractivity contribution in [3.63, 3.8) is 0 Å². The van der Waals surface area contributed by atoms with Crippen LogP contribution >= 0.6 is 12.2 Å². The first-order chi connectivity index (χ1) is 10.7. The van der Waals surface area contributed by atoms with Gasteiger partial charge in [-0.1, -0.05) is 0 Å². The Balaban J connectivity index is 1.72. The second kappa shape index (κ2) is 6.09. The van der Waals surface area contributed by atoms with Crippen LogP contribution in [0.15, 0.2) is 0 Å². The van der Waals surface area contributed by atoms with Crippen molar-refractivity contribution in [1.29, 1.82) is 0 Å². The molecule has 3 rings (SSSR count). The molecule has 1 N–H and O–H groups in total. The molecule has 0 aromatic rings. The summed E-state index contributed by atoms with van der Waals surface area (Å²) in [6.07, 6.45) is -1.75. The maximum absolute atomic E-state index is 6.03. The average molecular weight is 347 g/mol. The lowest BCUT2D eigenvalue weighted by molar-refractivity contribution is -0.239. The Morgan fingerprint density at radius 1 is 1.00 bits per heavy atom. The molecule has 0 spiro atoms. The second-order valence-electron chi connectivity index (χ2n) is 6.84. The van der Waals surface area contributed by atoms with Gasteiger partial charge in [0.25, 0.3) is 5.17 Å². The number of ether oxygens (including phenoxy) is 6. The summed E-state index contributed by atoms with van der Waals surface area (Å²) in [5.74, 6) is -1.42. The Bertz CT molecular complexity index is 471. The van der Waals surface area contributed by atoms with Crippen molar-refractivity contribution >= 4 is 17.4 Å². The number of fused-ring (bicyclic) bond motifs is 3. The van der Waals surface area contributed by atoms with E-state index in [4.69, 9.17) is 40.6 Å². The highest BCUT2D eigenvalue weighted by Crippen LogP contribution is 2.44. The highest BCUT2D eigenvalue weighted by atomic mass is 32.1. The minimum absolute atomic E-state index is 0.263. The third kappa shape index (κ3) is 3.62. The molecule has 8 heteroatoms. The van der Waals surface area contributed by atoms with Gasteiger partial charge in [0.2, 0.25) is 0 Å². The molecule has 0 aromatic carbocycles. The van der Waals surface area contributed by atoms with E-state index in [2.05, 4.69) is 5.32 Å². The fraction of sp³-hybridized carbons (Fsp3) is 0.933. The Morgan fingerprint density at radius 3 is 2.30 bits per heavy atom. The first-order valence-corrected chi connectivity index (χ1v) is 8.39. The van der Waals surface area contributed by atoms with Crippen molar-refractivity contribution < 1.29 is 28.4 Å². The summed E-state index contributed by atoms with van der Waals surface area (Å²) in [6.45, 7) is 10.4. The van der Waals surface area contributed by atoms with E-state index in [1.165, 1.54) is 0 Å². The summed E-state index contributed by atoms with van der Waals surface area (Å²) in [6, 6.07) is 0. The normalized spacial score (nSPS) is 40.3. The van der Waals surface area contributed by atoms with Gasteiger partial charge in [-0.3, -0.25) is 0 Å². The fourth-order valence-electron chi connectivity index (χ4n) is 3.18. The molecular formula is C15H25NO6S. The lowest BCUT2D eigenvalue weighted by atomic mass is 9.99. The van der Waals surface area contributed by atoms with Gasteiger partial charge in [-0.2, -0.15) is 0 Å². The van der Waals surface area contributed by atoms with Gasteiger partial charge in [-0.05, 0) is 46.8 Å². The molecule has 0 saturated carbocycles. The SMILES string of the molecule is CCNC(=S)OC[C@H]1O[C@@H]2OC(C)(C)O[C@@H]2[C@H]2OC(C)(C)O[C@H]21. The van der Waals surface area contributed by atoms with Crippen molar-refractivity contribution in [1.82, 2.24) is 5.32 Å². The summed E-state index contributed by atoms with van der Waals surface area (Å²) < 4.78 is 35.4. The molecule has 3 aliphatic heterocycles. The maximum Gasteiger partial charge on any atom is 0.256 e. The van der Waals surface area contributed by atoms with Crippen LogP contribution in [0.1, 0.15) is 34.6 Å². The topological polar surface area (TPSA) is 67.4 Å². The standard InChI is InChI=1S/C15H25NO6S/c1-6-16-13(23)17-7-8-9-10(20-14(2,3)19-9)11-12(18-8)22-15(4,5)21-11/h8-12H,6-7H2,1-5H3,(H,16,23)/t8-,9+,10+,11-,12-/m1/s1. The molecule has 23 heavy (non-hydrogen) atoms. The quantitative estimate of drug-likeness (QED) is 0.766. The first kappa shape index (κ1) is 17.3. The molecule has 3 fully saturated rings. The number of thiocarbonyl (C=S) groups is 1. The van der Waals surface area contributed by atoms with Crippen LogP contribution in [0.2, 0.25) is 0 Å². The van der Waals surface area contributed by atoms with Crippen LogP contribution in [0.25, 0.3) is 0 Å². The molecule has 3 saturated heterocycles. The summed E-state index contributed by atoms with van der Waals surface area (Å²) in [4.78, 5) is 0. The van der Waals surface area contributed by atoms with Gasteiger partial charge < -0.3 is 33.7 Å². The molecule has 0 aromatic heterocycles. The van der Waals surface area contributed by atoms with Crippen LogP contribution in [0.5, 0.6) is 0 Å². The zero-order chi connectivity index (χ0) is 16.8. The lowest BCUT2D eigenvalue weighted by Gasteiger charge is -2.37. The molecule has 0 amide bonds. The first-order valence-electron chi connectivity index (χ1n) is 7.98. The Labute approximate surface area is 141 Å². The predicted molar refractivity (Wildman–Crippen MR) is 84.7 cm³/mol. The molecule has 3 aliphatic rings. The Hall–Kier alpha value is -0.510. The third-order valence-corrected chi connectivity index (χ3v) is 4.21. The number of hydrogen-bond acceptors (Lipinski definition) is 7. The molecule has 7 nitrogen and oxygen atoms in total. The highest BCUT2D eigenvalue weighted by Gasteiger charge is 2.60. The largest absolute Gasteiger partial charge is 0.468 e. The second-order valence-corrected chi connectivity index (χ2v) is 7.21. The van der Waals surface area contributed by atoms with E-state index in [1.54, 1.807) is 0 Å². The van der Waals surface area contributed by atoms with Gasteiger partial charge in [0.15, 0.2) is 17.9 Å². The minimum Gasteiger partial charge on any atom is -0.468 e. The summed E-state index contributed by atoms with van der Waals surface area (Å²) in [5, 5.41) is 3.29. The Kier molecular flexibility index (Phi) is 4.59. The van der Waals surface area contributed by atoms with E-state index < -0.39 is 17.9 Å². The molecule has 0 bridgehead atoms. The number of nitrogens with one attached hydrogen (secondary N) is 1. The minimum atomic E-state index is -0.717. The molecule has 0 aliphatic carbocycles. The van der Waals surface area contributed by atoms with Crippen LogP contribution in [-0.2, 0) is 28.4 Å². The van der Waals surface area contributed by atoms with Crippen molar-refractivity contribution in [2.24, 2.45) is 0 Å². The highest BCUT2D eigenvalue weighted by molar-refractivity contribution is 7.80. The summed E-state index contributed by atoms with van der Waals surface area (Å²) in [7, 11) is 0. The number of hydrogen-bond donors (Lipinski definition) is 1. The third-order valence-electron chi connectivity index (χ3n) is 3.95. The van der Waals surface area contributed by atoms with Gasteiger partial charge in [-0.15, -0.1) is 0 Å². The molecule has 0 radical (unpaired) electrons. The van der Waals surface area contributed by atoms with Gasteiger partial charge >= 0.3 is 0 Å². The van der Waals surface area contributed by atoms with Crippen molar-refractivity contribution in [3.8, 4) is 0 Å². The maximum atomic E-state index is 6.03. The van der Waals surface area contributed by atoms with Crippen LogP contribution in [-0.4, -0.2) is 60.6 Å². The van der Waals surface area contributed by atoms with Crippen LogP contribution in [0.4, 0.5) is 0 Å².